The lowest BCUT2D eigenvalue weighted by Gasteiger charge is -2.31. The van der Waals surface area contributed by atoms with Gasteiger partial charge in [-0.3, -0.25) is 4.79 Å². The molecule has 3 aliphatic rings. The predicted molar refractivity (Wildman–Crippen MR) is 92.3 cm³/mol. The normalized spacial score (nSPS) is 37.2. The number of fused-ring (bicyclic) bond motifs is 1. The van der Waals surface area contributed by atoms with E-state index in [1.54, 1.807) is 6.08 Å². The molecule has 2 heterocycles. The second-order valence-electron chi connectivity index (χ2n) is 6.99. The van der Waals surface area contributed by atoms with E-state index >= 15 is 0 Å². The van der Waals surface area contributed by atoms with Crippen molar-refractivity contribution in [3.63, 3.8) is 0 Å². The van der Waals surface area contributed by atoms with Crippen LogP contribution in [0.3, 0.4) is 0 Å². The summed E-state index contributed by atoms with van der Waals surface area (Å²) >= 11 is 0. The van der Waals surface area contributed by atoms with Gasteiger partial charge in [0.05, 0.1) is 18.3 Å². The van der Waals surface area contributed by atoms with Gasteiger partial charge in [0.1, 0.15) is 6.10 Å². The number of allylic oxidation sites excluding steroid dienone is 4. The Kier molecular flexibility index (Phi) is 5.90. The van der Waals surface area contributed by atoms with Crippen LogP contribution in [0.15, 0.2) is 36.5 Å². The third kappa shape index (κ3) is 4.37. The van der Waals surface area contributed by atoms with E-state index in [0.717, 1.165) is 32.1 Å². The van der Waals surface area contributed by atoms with Gasteiger partial charge in [-0.05, 0) is 32.1 Å². The molecule has 0 spiro atoms. The molecule has 2 aliphatic heterocycles. The van der Waals surface area contributed by atoms with Gasteiger partial charge in [-0.1, -0.05) is 43.4 Å². The van der Waals surface area contributed by atoms with Gasteiger partial charge in [-0.2, -0.15) is 0 Å². The van der Waals surface area contributed by atoms with E-state index in [1.807, 2.05) is 19.1 Å². The first-order chi connectivity index (χ1) is 11.7. The van der Waals surface area contributed by atoms with Crippen molar-refractivity contribution in [2.24, 2.45) is 11.8 Å². The molecule has 3 rings (SSSR count). The third-order valence-electron chi connectivity index (χ3n) is 5.26. The molecule has 3 fully saturated rings. The van der Waals surface area contributed by atoms with Crippen LogP contribution in [0.1, 0.15) is 45.4 Å². The van der Waals surface area contributed by atoms with Crippen LogP contribution < -0.4 is 0 Å². The van der Waals surface area contributed by atoms with Crippen molar-refractivity contribution in [1.29, 1.82) is 0 Å². The Balaban J connectivity index is 1.48. The molecule has 0 bridgehead atoms. The van der Waals surface area contributed by atoms with E-state index in [4.69, 9.17) is 9.47 Å². The quantitative estimate of drug-likeness (QED) is 0.336. The van der Waals surface area contributed by atoms with Crippen molar-refractivity contribution < 1.29 is 19.4 Å². The molecular weight excluding hydrogens is 304 g/mol. The van der Waals surface area contributed by atoms with Gasteiger partial charge in [0, 0.05) is 18.3 Å². The summed E-state index contributed by atoms with van der Waals surface area (Å²) in [6.07, 6.45) is 17.7. The van der Waals surface area contributed by atoms with Gasteiger partial charge in [0.2, 0.25) is 0 Å². The van der Waals surface area contributed by atoms with Crippen molar-refractivity contribution in [1.82, 2.24) is 0 Å². The summed E-state index contributed by atoms with van der Waals surface area (Å²) in [5.41, 5.74) is 0. The molecule has 1 aliphatic carbocycles. The van der Waals surface area contributed by atoms with Crippen molar-refractivity contribution in [3.8, 4) is 0 Å². The summed E-state index contributed by atoms with van der Waals surface area (Å²) in [7, 11) is 0. The fourth-order valence-corrected chi connectivity index (χ4v) is 3.84. The Bertz CT molecular complexity index is 522. The monoisotopic (exact) mass is 332 g/mol. The zero-order valence-electron chi connectivity index (χ0n) is 14.3. The van der Waals surface area contributed by atoms with Crippen LogP contribution >= 0.6 is 0 Å². The number of rotatable bonds is 7. The maximum Gasteiger partial charge on any atom is 0.306 e. The number of hydrogen-bond acceptors (Lipinski definition) is 4. The highest BCUT2D eigenvalue weighted by Gasteiger charge is 2.57. The fraction of sp³-hybridized carbons (Fsp3) is 0.650. The first-order valence-electron chi connectivity index (χ1n) is 9.22. The zero-order valence-corrected chi connectivity index (χ0v) is 14.3. The van der Waals surface area contributed by atoms with Gasteiger partial charge in [0.15, 0.2) is 0 Å². The SMILES string of the molecule is CC[C@H](O)/C=C/C=C\C/C=C/[C@H]1[C@@H]2O[C@@H]2C[C@@H]1C1CCCC(=O)O1. The van der Waals surface area contributed by atoms with Crippen molar-refractivity contribution in [2.45, 2.75) is 69.9 Å². The summed E-state index contributed by atoms with van der Waals surface area (Å²) in [5, 5.41) is 9.43. The highest BCUT2D eigenvalue weighted by molar-refractivity contribution is 5.70. The number of ether oxygens (including phenoxy) is 2. The molecule has 6 atom stereocenters. The number of hydrogen-bond donors (Lipinski definition) is 1. The number of carbonyl (C=O) groups is 1. The molecule has 4 nitrogen and oxygen atoms in total. The molecule has 0 aromatic rings. The standard InChI is InChI=1S/C20H28O4/c1-2-14(21)9-6-4-3-5-7-10-15-16(13-18-20(15)24-18)17-11-8-12-19(22)23-17/h3-4,6-7,9-10,14-18,20-21H,2,5,8,11-13H2,1H3/b4-3-,9-6+,10-7+/t14-,15+,16-,17?,18+,20-/m0/s1. The molecular formula is C20H28O4. The average Bonchev–Trinajstić information content (AvgIpc) is 3.27. The van der Waals surface area contributed by atoms with Gasteiger partial charge < -0.3 is 14.6 Å². The molecule has 1 N–H and O–H groups in total. The van der Waals surface area contributed by atoms with Gasteiger partial charge in [-0.15, -0.1) is 0 Å². The molecule has 1 saturated carbocycles. The van der Waals surface area contributed by atoms with E-state index in [-0.39, 0.29) is 18.2 Å². The van der Waals surface area contributed by atoms with Gasteiger partial charge >= 0.3 is 5.97 Å². The van der Waals surface area contributed by atoms with E-state index < -0.39 is 0 Å². The molecule has 2 saturated heterocycles. The Hall–Kier alpha value is -1.39. The summed E-state index contributed by atoms with van der Waals surface area (Å²) in [5.74, 6) is 0.744. The Labute approximate surface area is 144 Å². The molecule has 0 amide bonds. The van der Waals surface area contributed by atoms with E-state index in [1.165, 1.54) is 0 Å². The molecule has 132 valence electrons. The van der Waals surface area contributed by atoms with E-state index in [2.05, 4.69) is 18.2 Å². The van der Waals surface area contributed by atoms with Crippen LogP contribution in [-0.4, -0.2) is 35.5 Å². The van der Waals surface area contributed by atoms with Crippen molar-refractivity contribution in [2.75, 3.05) is 0 Å². The predicted octanol–water partition coefficient (Wildman–Crippen LogP) is 3.32. The van der Waals surface area contributed by atoms with Gasteiger partial charge in [0.25, 0.3) is 0 Å². The fourth-order valence-electron chi connectivity index (χ4n) is 3.84. The molecule has 0 aromatic heterocycles. The van der Waals surface area contributed by atoms with E-state index in [0.29, 0.717) is 30.5 Å². The average molecular weight is 332 g/mol. The summed E-state index contributed by atoms with van der Waals surface area (Å²) in [6.45, 7) is 1.95. The molecule has 1 unspecified atom stereocenters. The maximum absolute atomic E-state index is 11.6. The van der Waals surface area contributed by atoms with Crippen LogP contribution in [0.25, 0.3) is 0 Å². The molecule has 0 aromatic carbocycles. The van der Waals surface area contributed by atoms with Crippen molar-refractivity contribution in [3.05, 3.63) is 36.5 Å². The second kappa shape index (κ2) is 8.13. The largest absolute Gasteiger partial charge is 0.462 e. The lowest BCUT2D eigenvalue weighted by atomic mass is 9.85. The highest BCUT2D eigenvalue weighted by Crippen LogP contribution is 2.50. The minimum Gasteiger partial charge on any atom is -0.462 e. The lowest BCUT2D eigenvalue weighted by molar-refractivity contribution is -0.158. The minimum atomic E-state index is -0.355. The van der Waals surface area contributed by atoms with Crippen LogP contribution in [-0.2, 0) is 14.3 Å². The highest BCUT2D eigenvalue weighted by atomic mass is 16.6. The summed E-state index contributed by atoms with van der Waals surface area (Å²) in [4.78, 5) is 11.6. The Morgan fingerprint density at radius 3 is 2.96 bits per heavy atom. The molecule has 0 radical (unpaired) electrons. The smallest absolute Gasteiger partial charge is 0.306 e. The molecule has 4 heteroatoms. The topological polar surface area (TPSA) is 59.1 Å². The van der Waals surface area contributed by atoms with Crippen molar-refractivity contribution >= 4 is 5.97 Å². The Morgan fingerprint density at radius 2 is 2.17 bits per heavy atom. The third-order valence-corrected chi connectivity index (χ3v) is 5.26. The summed E-state index contributed by atoms with van der Waals surface area (Å²) < 4.78 is 11.3. The van der Waals surface area contributed by atoms with Crippen LogP contribution in [0.4, 0.5) is 0 Å². The van der Waals surface area contributed by atoms with Crippen LogP contribution in [0.2, 0.25) is 0 Å². The van der Waals surface area contributed by atoms with Gasteiger partial charge in [-0.25, -0.2) is 0 Å². The lowest BCUT2D eigenvalue weighted by Crippen LogP contribution is -2.34. The number of epoxide rings is 1. The maximum atomic E-state index is 11.6. The molecule has 24 heavy (non-hydrogen) atoms. The second-order valence-corrected chi connectivity index (χ2v) is 6.99. The number of carbonyl (C=O) groups excluding carboxylic acids is 1. The van der Waals surface area contributed by atoms with Crippen LogP contribution in [0.5, 0.6) is 0 Å². The Morgan fingerprint density at radius 1 is 1.29 bits per heavy atom. The summed E-state index contributed by atoms with van der Waals surface area (Å²) in [6, 6.07) is 0. The first-order valence-corrected chi connectivity index (χ1v) is 9.22. The zero-order chi connectivity index (χ0) is 16.9. The first kappa shape index (κ1) is 17.4. The number of esters is 1. The van der Waals surface area contributed by atoms with Crippen LogP contribution in [0, 0.1) is 11.8 Å². The number of cyclic esters (lactones) is 1. The number of aliphatic hydroxyl groups is 1. The minimum absolute atomic E-state index is 0.0422. The van der Waals surface area contributed by atoms with E-state index in [9.17, 15) is 9.90 Å². The number of aliphatic hydroxyl groups excluding tert-OH is 1.